The van der Waals surface area contributed by atoms with Crippen LogP contribution >= 0.6 is 0 Å². The van der Waals surface area contributed by atoms with Crippen molar-refractivity contribution >= 4 is 92.2 Å². The molecular weight excluding hydrogens is 1160 g/mol. The molecule has 4 aromatic heterocycles. The highest BCUT2D eigenvalue weighted by molar-refractivity contribution is 7.85. The first-order valence-electron chi connectivity index (χ1n) is 26.1. The van der Waals surface area contributed by atoms with Crippen molar-refractivity contribution in [1.82, 2.24) is 48.5 Å². The maximum absolute atomic E-state index is 12.7. The third kappa shape index (κ3) is 13.6. The molecule has 0 radical (unpaired) electrons. The highest BCUT2D eigenvalue weighted by atomic mass is 32.2. The molecule has 0 saturated carbocycles. The van der Waals surface area contributed by atoms with Crippen LogP contribution in [0.5, 0.6) is 0 Å². The fraction of sp³-hybridized carbons (Fsp3) is 0.471. The largest absolute Gasteiger partial charge is 0.465 e. The van der Waals surface area contributed by atoms with Crippen molar-refractivity contribution in [1.29, 1.82) is 0 Å². The summed E-state index contributed by atoms with van der Waals surface area (Å²) >= 11 is 0. The summed E-state index contributed by atoms with van der Waals surface area (Å²) in [5.74, 6) is -3.48. The van der Waals surface area contributed by atoms with Crippen LogP contribution in [0.25, 0.3) is 22.3 Å². The molecule has 0 bridgehead atoms. The van der Waals surface area contributed by atoms with Crippen LogP contribution in [-0.4, -0.2) is 160 Å². The maximum atomic E-state index is 12.7. The van der Waals surface area contributed by atoms with Crippen LogP contribution in [0.15, 0.2) is 73.8 Å². The first-order chi connectivity index (χ1) is 39.4. The molecule has 9 N–H and O–H groups in total. The zero-order valence-corrected chi connectivity index (χ0v) is 49.1. The predicted octanol–water partition coefficient (Wildman–Crippen LogP) is 1.82. The molecule has 2 fully saturated rings. The summed E-state index contributed by atoms with van der Waals surface area (Å²) in [6.45, 7) is 11.2. The lowest BCUT2D eigenvalue weighted by atomic mass is 9.91. The van der Waals surface area contributed by atoms with E-state index in [9.17, 15) is 56.1 Å². The van der Waals surface area contributed by atoms with Crippen molar-refractivity contribution in [2.24, 2.45) is 5.92 Å². The van der Waals surface area contributed by atoms with Crippen molar-refractivity contribution in [3.8, 4) is 0 Å². The number of hydrogen-bond acceptors (Lipinski definition) is 26. The maximum Gasteiger partial charge on any atom is 0.362 e. The number of aromatic nitrogens is 8. The van der Waals surface area contributed by atoms with E-state index in [1.165, 1.54) is 49.1 Å². The predicted molar refractivity (Wildman–Crippen MR) is 296 cm³/mol. The smallest absolute Gasteiger partial charge is 0.362 e. The lowest BCUT2D eigenvalue weighted by Gasteiger charge is -2.40. The second-order valence-electron chi connectivity index (χ2n) is 21.6. The number of ether oxygens (including phenoxy) is 3. The number of aliphatic hydroxyl groups is 3. The van der Waals surface area contributed by atoms with Gasteiger partial charge < -0.3 is 45.4 Å². The van der Waals surface area contributed by atoms with Crippen LogP contribution in [0, 0.1) is 5.92 Å². The Balaban J connectivity index is 0.000000223. The summed E-state index contributed by atoms with van der Waals surface area (Å²) in [5.41, 5.74) is 12.3. The van der Waals surface area contributed by atoms with Gasteiger partial charge in [-0.05, 0) is 36.2 Å². The summed E-state index contributed by atoms with van der Waals surface area (Å²) in [6.07, 6.45) is -3.87. The zero-order valence-electron chi connectivity index (χ0n) is 46.5. The number of rotatable bonds is 20. The van der Waals surface area contributed by atoms with Crippen molar-refractivity contribution in [2.75, 3.05) is 31.8 Å². The minimum absolute atomic E-state index is 0.0470. The van der Waals surface area contributed by atoms with E-state index in [0.717, 1.165) is 0 Å². The Morgan fingerprint density at radius 2 is 1.27 bits per heavy atom. The molecular formula is C51H64N12O18S2Si. The molecule has 2 aliphatic heterocycles. The Bertz CT molecular complexity index is 3710. The van der Waals surface area contributed by atoms with E-state index in [4.69, 9.17) is 38.5 Å². The van der Waals surface area contributed by atoms with E-state index in [1.807, 2.05) is 11.6 Å². The van der Waals surface area contributed by atoms with E-state index in [0.29, 0.717) is 22.3 Å². The number of carbonyl (C=O) groups is 5. The Kier molecular flexibility index (Phi) is 18.5. The van der Waals surface area contributed by atoms with Crippen LogP contribution < -0.4 is 20.9 Å². The van der Waals surface area contributed by atoms with Crippen LogP contribution in [0.1, 0.15) is 109 Å². The van der Waals surface area contributed by atoms with E-state index in [2.05, 4.69) is 63.8 Å². The third-order valence-electron chi connectivity index (χ3n) is 15.0. The molecule has 2 saturated heterocycles. The molecule has 452 valence electrons. The van der Waals surface area contributed by atoms with Crippen LogP contribution in [-0.2, 0) is 62.8 Å². The minimum Gasteiger partial charge on any atom is -0.465 e. The molecule has 6 heterocycles. The number of anilines is 2. The number of nitrogens with one attached hydrogen (secondary N) is 2. The Hall–Kier alpha value is -7.31. The molecule has 2 amide bonds. The van der Waals surface area contributed by atoms with Crippen molar-refractivity contribution in [3.05, 3.63) is 96.1 Å². The number of esters is 1. The lowest BCUT2D eigenvalue weighted by molar-refractivity contribution is -0.121. The molecule has 2 aromatic carbocycles. The number of nitrogen functional groups attached to an aromatic ring is 2. The number of benzene rings is 2. The van der Waals surface area contributed by atoms with Gasteiger partial charge >= 0.3 is 26.6 Å². The number of amides is 2. The lowest BCUT2D eigenvalue weighted by Crippen LogP contribution is -2.47. The van der Waals surface area contributed by atoms with Gasteiger partial charge in [0, 0.05) is 42.7 Å². The fourth-order valence-corrected chi connectivity index (χ4v) is 12.3. The molecule has 0 spiro atoms. The molecule has 30 nitrogen and oxygen atoms in total. The Morgan fingerprint density at radius 3 is 1.86 bits per heavy atom. The summed E-state index contributed by atoms with van der Waals surface area (Å²) in [6, 6.07) is 12.5. The first kappa shape index (κ1) is 62.7. The topological polar surface area (TPSA) is 433 Å². The average Bonchev–Trinajstić information content (AvgIpc) is 2.98. The average molecular weight is 1230 g/mol. The highest BCUT2D eigenvalue weighted by Crippen LogP contribution is 2.45. The number of fused-ring (bicyclic) bond motifs is 3. The Labute approximate surface area is 482 Å². The standard InChI is InChI=1S/C29H40N6O9SSi.C22H24N6O9S/c1-17-21(14-42-45(39,40)34-22(37)13-12-20(36)18-10-8-9-11-19(18)28(38)41-5)43-27(24(17)44-46(6,7)29(2,3)4)35-16-33-23-25(30)31-15-32-26(23)35;23-19-16-20(25-9-24-19)28(10-26-16)21-18(32)17(31)14(37-21)8-36-38(34,35)27-15(30)5-6-22(33)7-13(29)11-3-1-2-4-12(11)22/h8-11,15-17,21,24,27H,12-14H2,1-7H3,(H,34,37)(H2,30,31,32);1-4,9-10,14,17-18,21,31-33H,5-8H2,(H,27,30)(H2,23,24,25)/t17-,21-,24?,27-;14-,17-,18-,21-,22?/m11/s1. The van der Waals surface area contributed by atoms with Gasteiger partial charge in [-0.25, -0.2) is 44.1 Å². The second kappa shape index (κ2) is 24.7. The van der Waals surface area contributed by atoms with Crippen molar-refractivity contribution < 1.29 is 83.1 Å². The van der Waals surface area contributed by atoms with E-state index >= 15 is 0 Å². The highest BCUT2D eigenvalue weighted by Gasteiger charge is 2.50. The van der Waals surface area contributed by atoms with Crippen LogP contribution in [0.3, 0.4) is 0 Å². The number of Topliss-reactive ketones (excluding diaryl/α,β-unsaturated/α-hetero) is 2. The van der Waals surface area contributed by atoms with Gasteiger partial charge in [0.25, 0.3) is 0 Å². The molecule has 1 aliphatic carbocycles. The van der Waals surface area contributed by atoms with Gasteiger partial charge in [-0.3, -0.25) is 36.7 Å². The van der Waals surface area contributed by atoms with Crippen LogP contribution in [0.4, 0.5) is 11.6 Å². The van der Waals surface area contributed by atoms with Gasteiger partial charge in [0.15, 0.2) is 55.3 Å². The molecule has 3 aliphatic rings. The van der Waals surface area contributed by atoms with Gasteiger partial charge in [-0.2, -0.15) is 16.8 Å². The number of imidazole rings is 2. The number of nitrogens with two attached hydrogens (primary N) is 2. The van der Waals surface area contributed by atoms with E-state index < -0.39 is 127 Å². The number of methoxy groups -OCH3 is 1. The zero-order chi connectivity index (χ0) is 61.3. The van der Waals surface area contributed by atoms with Gasteiger partial charge in [0.2, 0.25) is 11.8 Å². The molecule has 84 heavy (non-hydrogen) atoms. The number of nitrogens with zero attached hydrogens (tertiary/aromatic N) is 8. The number of carbonyl (C=O) groups excluding carboxylic acids is 5. The molecule has 2 unspecified atom stereocenters. The normalized spacial score (nSPS) is 23.5. The minimum atomic E-state index is -4.63. The SMILES string of the molecule is COC(=O)c1ccccc1C(=O)CCC(=O)NS(=O)(=O)OC[C@H]1O[C@@H](n2cnc3c(N)ncnc32)C(O[Si](C)(C)C(C)(C)C)[C@@H]1C.Nc1ncnc2c1ncn2[C@@H]1O[C@H](COS(=O)(=O)NC(=O)CCC2(O)CC(=O)c3ccccc32)[C@@H](O)[C@H]1O. The van der Waals surface area contributed by atoms with Gasteiger partial charge in [0.1, 0.15) is 42.0 Å². The van der Waals surface area contributed by atoms with Gasteiger partial charge in [0.05, 0.1) is 56.4 Å². The van der Waals surface area contributed by atoms with Crippen molar-refractivity contribution in [3.63, 3.8) is 0 Å². The quantitative estimate of drug-likeness (QED) is 0.0325. The summed E-state index contributed by atoms with van der Waals surface area (Å²) in [4.78, 5) is 86.2. The van der Waals surface area contributed by atoms with Crippen LogP contribution in [0.2, 0.25) is 18.1 Å². The van der Waals surface area contributed by atoms with E-state index in [-0.39, 0.29) is 69.9 Å². The first-order valence-corrected chi connectivity index (χ1v) is 31.8. The second-order valence-corrected chi connectivity index (χ2v) is 29.1. The molecule has 33 heteroatoms. The van der Waals surface area contributed by atoms with E-state index in [1.54, 1.807) is 45.7 Å². The summed E-state index contributed by atoms with van der Waals surface area (Å²) < 4.78 is 90.1. The van der Waals surface area contributed by atoms with Gasteiger partial charge in [-0.15, -0.1) is 0 Å². The fourth-order valence-electron chi connectivity index (χ4n) is 9.42. The summed E-state index contributed by atoms with van der Waals surface area (Å²) in [5, 5.41) is 31.6. The number of ketones is 2. The number of hydrogen-bond donors (Lipinski definition) is 7. The molecule has 9 atom stereocenters. The Morgan fingerprint density at radius 1 is 0.750 bits per heavy atom. The third-order valence-corrected chi connectivity index (χ3v) is 21.3. The molecule has 9 rings (SSSR count). The molecule has 6 aromatic rings. The van der Waals surface area contributed by atoms with Crippen molar-refractivity contribution in [2.45, 2.75) is 127 Å². The number of aliphatic hydroxyl groups excluding tert-OH is 2. The van der Waals surface area contributed by atoms with Gasteiger partial charge in [-0.1, -0.05) is 70.2 Å². The summed E-state index contributed by atoms with van der Waals surface area (Å²) in [7, 11) is -10.4. The monoisotopic (exact) mass is 1220 g/mol.